The lowest BCUT2D eigenvalue weighted by atomic mass is 10.0. The van der Waals surface area contributed by atoms with Gasteiger partial charge in [-0.05, 0) is 37.1 Å². The van der Waals surface area contributed by atoms with Crippen molar-refractivity contribution in [1.29, 1.82) is 0 Å². The van der Waals surface area contributed by atoms with E-state index in [4.69, 9.17) is 9.15 Å². The summed E-state index contributed by atoms with van der Waals surface area (Å²) in [6.07, 6.45) is 0. The molecule has 0 atom stereocenters. The number of rotatable bonds is 7. The molecule has 2 aromatic heterocycles. The van der Waals surface area contributed by atoms with Crippen LogP contribution in [-0.4, -0.2) is 17.3 Å². The summed E-state index contributed by atoms with van der Waals surface area (Å²) in [7, 11) is 0. The fraction of sp³-hybridized carbons (Fsp3) is 0.107. The molecule has 0 aliphatic carbocycles. The molecule has 0 bridgehead atoms. The second kappa shape index (κ2) is 9.95. The Morgan fingerprint density at radius 3 is 2.51 bits per heavy atom. The number of para-hydroxylation sites is 1. The first-order valence-electron chi connectivity index (χ1n) is 11.2. The van der Waals surface area contributed by atoms with E-state index in [0.29, 0.717) is 34.3 Å². The fourth-order valence-corrected chi connectivity index (χ4v) is 4.41. The molecule has 0 aliphatic heterocycles. The molecule has 2 heterocycles. The van der Waals surface area contributed by atoms with Gasteiger partial charge in [0.05, 0.1) is 23.6 Å². The molecule has 5 rings (SSSR count). The highest BCUT2D eigenvalue weighted by atomic mass is 32.1. The van der Waals surface area contributed by atoms with Gasteiger partial charge >= 0.3 is 5.63 Å². The van der Waals surface area contributed by atoms with Crippen molar-refractivity contribution in [3.63, 3.8) is 0 Å². The van der Waals surface area contributed by atoms with Gasteiger partial charge in [0.15, 0.2) is 11.3 Å². The Balaban J connectivity index is 1.34. The summed E-state index contributed by atoms with van der Waals surface area (Å²) < 4.78 is 11.1. The van der Waals surface area contributed by atoms with E-state index in [1.54, 1.807) is 19.1 Å². The minimum atomic E-state index is -0.467. The van der Waals surface area contributed by atoms with Gasteiger partial charge in [0.25, 0.3) is 0 Å². The Labute approximate surface area is 206 Å². The Hall–Kier alpha value is -4.23. The first-order chi connectivity index (χ1) is 17.1. The largest absolute Gasteiger partial charge is 0.490 e. The first kappa shape index (κ1) is 22.6. The molecule has 1 N–H and O–H groups in total. The summed E-state index contributed by atoms with van der Waals surface area (Å²) in [4.78, 5) is 17.3. The normalized spacial score (nSPS) is 11.5. The van der Waals surface area contributed by atoms with Crippen LogP contribution in [0.1, 0.15) is 19.4 Å². The standard InChI is InChI=1S/C28H23N3O3S/c1-3-33-25-11-7-10-22-16-23(27(32)34-26(22)25)18(2)30-31-28-29-24(17-35-28)21-14-12-20(13-15-21)19-8-5-4-6-9-19/h4-17H,3H2,1-2H3,(H,29,31)/b30-18+. The number of anilines is 1. The molecule has 3 aromatic carbocycles. The smallest absolute Gasteiger partial charge is 0.345 e. The monoisotopic (exact) mass is 481 g/mol. The number of nitrogens with one attached hydrogen (secondary N) is 1. The van der Waals surface area contributed by atoms with E-state index >= 15 is 0 Å². The van der Waals surface area contributed by atoms with E-state index in [9.17, 15) is 4.79 Å². The van der Waals surface area contributed by atoms with Gasteiger partial charge < -0.3 is 9.15 Å². The lowest BCUT2D eigenvalue weighted by Crippen LogP contribution is -2.13. The first-order valence-corrected chi connectivity index (χ1v) is 12.1. The molecule has 0 radical (unpaired) electrons. The molecule has 5 aromatic rings. The highest BCUT2D eigenvalue weighted by molar-refractivity contribution is 7.14. The van der Waals surface area contributed by atoms with Crippen LogP contribution in [0, 0.1) is 0 Å². The number of ether oxygens (including phenoxy) is 1. The topological polar surface area (TPSA) is 76.7 Å². The van der Waals surface area contributed by atoms with Gasteiger partial charge in [0.2, 0.25) is 5.13 Å². The summed E-state index contributed by atoms with van der Waals surface area (Å²) >= 11 is 1.45. The van der Waals surface area contributed by atoms with Gasteiger partial charge in [0, 0.05) is 16.3 Å². The third-order valence-corrected chi connectivity index (χ3v) is 6.27. The van der Waals surface area contributed by atoms with Crippen LogP contribution in [0.3, 0.4) is 0 Å². The molecular formula is C28H23N3O3S. The highest BCUT2D eigenvalue weighted by Gasteiger charge is 2.12. The van der Waals surface area contributed by atoms with Crippen LogP contribution >= 0.6 is 11.3 Å². The SMILES string of the molecule is CCOc1cccc2cc(/C(C)=N/Nc3nc(-c4ccc(-c5ccccc5)cc4)cs3)c(=O)oc12. The zero-order valence-electron chi connectivity index (χ0n) is 19.3. The van der Waals surface area contributed by atoms with Crippen molar-refractivity contribution >= 4 is 33.1 Å². The van der Waals surface area contributed by atoms with E-state index in [0.717, 1.165) is 22.2 Å². The summed E-state index contributed by atoms with van der Waals surface area (Å²) in [5, 5.41) is 7.76. The van der Waals surface area contributed by atoms with Crippen molar-refractivity contribution in [2.45, 2.75) is 13.8 Å². The zero-order valence-corrected chi connectivity index (χ0v) is 20.1. The van der Waals surface area contributed by atoms with E-state index in [1.165, 1.54) is 16.9 Å². The number of hydrogen-bond donors (Lipinski definition) is 1. The molecule has 0 unspecified atom stereocenters. The number of hydrogen-bond acceptors (Lipinski definition) is 7. The van der Waals surface area contributed by atoms with E-state index in [1.807, 2.05) is 42.6 Å². The lowest BCUT2D eigenvalue weighted by molar-refractivity contribution is 0.337. The summed E-state index contributed by atoms with van der Waals surface area (Å²) in [5.74, 6) is 0.550. The van der Waals surface area contributed by atoms with Crippen molar-refractivity contribution in [3.05, 3.63) is 100 Å². The van der Waals surface area contributed by atoms with Crippen LogP contribution in [0.5, 0.6) is 5.75 Å². The number of aromatic nitrogens is 1. The average molecular weight is 482 g/mol. The summed E-state index contributed by atoms with van der Waals surface area (Å²) in [6.45, 7) is 4.13. The average Bonchev–Trinajstić information content (AvgIpc) is 3.37. The van der Waals surface area contributed by atoms with Crippen molar-refractivity contribution in [3.8, 4) is 28.1 Å². The molecule has 6 nitrogen and oxygen atoms in total. The second-order valence-corrected chi connectivity index (χ2v) is 8.70. The number of benzene rings is 3. The molecule has 35 heavy (non-hydrogen) atoms. The van der Waals surface area contributed by atoms with Gasteiger partial charge in [-0.1, -0.05) is 66.7 Å². The van der Waals surface area contributed by atoms with Crippen LogP contribution < -0.4 is 15.8 Å². The maximum Gasteiger partial charge on any atom is 0.345 e. The van der Waals surface area contributed by atoms with Gasteiger partial charge in [-0.25, -0.2) is 9.78 Å². The Morgan fingerprint density at radius 1 is 1.00 bits per heavy atom. The summed E-state index contributed by atoms with van der Waals surface area (Å²) in [6, 6.07) is 25.9. The number of fused-ring (bicyclic) bond motifs is 1. The quantitative estimate of drug-likeness (QED) is 0.157. The molecule has 7 heteroatoms. The Bertz CT molecular complexity index is 1550. The van der Waals surface area contributed by atoms with Crippen LogP contribution in [-0.2, 0) is 0 Å². The van der Waals surface area contributed by atoms with Gasteiger partial charge in [-0.15, -0.1) is 11.3 Å². The predicted octanol–water partition coefficient (Wildman–Crippen LogP) is 6.82. The Morgan fingerprint density at radius 2 is 1.74 bits per heavy atom. The zero-order chi connectivity index (χ0) is 24.2. The molecule has 0 aliphatic rings. The van der Waals surface area contributed by atoms with E-state index < -0.39 is 5.63 Å². The second-order valence-electron chi connectivity index (χ2n) is 7.85. The third-order valence-electron chi connectivity index (χ3n) is 5.52. The van der Waals surface area contributed by atoms with Gasteiger partial charge in [-0.3, -0.25) is 5.43 Å². The van der Waals surface area contributed by atoms with Gasteiger partial charge in [-0.2, -0.15) is 5.10 Å². The number of hydrazone groups is 1. The van der Waals surface area contributed by atoms with Crippen molar-refractivity contribution in [1.82, 2.24) is 4.98 Å². The van der Waals surface area contributed by atoms with Crippen LogP contribution in [0.25, 0.3) is 33.4 Å². The van der Waals surface area contributed by atoms with Crippen LogP contribution in [0.4, 0.5) is 5.13 Å². The minimum absolute atomic E-state index is 0.381. The molecule has 0 fully saturated rings. The molecular weight excluding hydrogens is 458 g/mol. The van der Waals surface area contributed by atoms with Crippen molar-refractivity contribution < 1.29 is 9.15 Å². The number of thiazole rings is 1. The Kier molecular flexibility index (Phi) is 6.41. The van der Waals surface area contributed by atoms with Crippen LogP contribution in [0.2, 0.25) is 0 Å². The fourth-order valence-electron chi connectivity index (χ4n) is 3.75. The van der Waals surface area contributed by atoms with Crippen molar-refractivity contribution in [2.24, 2.45) is 5.10 Å². The molecule has 0 spiro atoms. The molecule has 0 amide bonds. The van der Waals surface area contributed by atoms with E-state index in [2.05, 4.69) is 51.9 Å². The predicted molar refractivity (Wildman–Crippen MR) is 142 cm³/mol. The highest BCUT2D eigenvalue weighted by Crippen LogP contribution is 2.28. The maximum absolute atomic E-state index is 12.6. The molecule has 0 saturated carbocycles. The van der Waals surface area contributed by atoms with Crippen LogP contribution in [0.15, 0.2) is 98.6 Å². The van der Waals surface area contributed by atoms with Crippen molar-refractivity contribution in [2.75, 3.05) is 12.0 Å². The third kappa shape index (κ3) is 4.85. The minimum Gasteiger partial charge on any atom is -0.490 e. The summed E-state index contributed by atoms with van der Waals surface area (Å²) in [5.41, 5.74) is 8.04. The molecule has 0 saturated heterocycles. The molecule has 174 valence electrons. The number of nitrogens with zero attached hydrogens (tertiary/aromatic N) is 2. The maximum atomic E-state index is 12.6. The lowest BCUT2D eigenvalue weighted by Gasteiger charge is -2.07. The van der Waals surface area contributed by atoms with Gasteiger partial charge in [0.1, 0.15) is 0 Å². The van der Waals surface area contributed by atoms with E-state index in [-0.39, 0.29) is 0 Å².